The van der Waals surface area contributed by atoms with E-state index in [1.54, 1.807) is 18.3 Å². The summed E-state index contributed by atoms with van der Waals surface area (Å²) in [5.74, 6) is 1.50. The van der Waals surface area contributed by atoms with Crippen LogP contribution in [0.25, 0.3) is 27.8 Å². The number of rotatable bonds is 6. The lowest BCUT2D eigenvalue weighted by Crippen LogP contribution is -2.10. The molecule has 0 amide bonds. The molecule has 0 aliphatic carbocycles. The van der Waals surface area contributed by atoms with Gasteiger partial charge in [0.15, 0.2) is 0 Å². The van der Waals surface area contributed by atoms with Gasteiger partial charge in [-0.25, -0.2) is 14.4 Å². The lowest BCUT2D eigenvalue weighted by atomic mass is 10.1. The van der Waals surface area contributed by atoms with Crippen LogP contribution in [0.4, 0.5) is 10.3 Å². The normalized spacial score (nSPS) is 12.0. The van der Waals surface area contributed by atoms with Crippen LogP contribution in [0, 0.1) is 5.82 Å². The van der Waals surface area contributed by atoms with Crippen LogP contribution in [-0.2, 0) is 0 Å². The molecule has 0 radical (unpaired) electrons. The van der Waals surface area contributed by atoms with Crippen molar-refractivity contribution in [2.75, 3.05) is 5.32 Å². The molecule has 5 aromatic rings. The second-order valence-corrected chi connectivity index (χ2v) is 9.16. The summed E-state index contributed by atoms with van der Waals surface area (Å²) in [6.07, 6.45) is 3.62. The average Bonchev–Trinajstić information content (AvgIpc) is 3.47. The lowest BCUT2D eigenvalue weighted by molar-refractivity contribution is 0.628. The molecule has 1 N–H and O–H groups in total. The van der Waals surface area contributed by atoms with Crippen LogP contribution in [0.1, 0.15) is 18.5 Å². The number of anilines is 1. The Balaban J connectivity index is 1.54. The Morgan fingerprint density at radius 3 is 2.48 bits per heavy atom. The van der Waals surface area contributed by atoms with Crippen LogP contribution in [-0.4, -0.2) is 19.5 Å². The van der Waals surface area contributed by atoms with Gasteiger partial charge in [0.25, 0.3) is 0 Å². The fourth-order valence-electron chi connectivity index (χ4n) is 3.50. The molecule has 8 heteroatoms. The summed E-state index contributed by atoms with van der Waals surface area (Å²) in [5, 5.41) is 3.36. The standard InChI is InChI=1S/C25H19ClFN5S/c1-16(17-5-3-2-4-6-17)29-25-28-14-13-23(31-25)32-15-20(21-11-12-22(26)33-21)30-24(32)18-7-9-19(27)10-8-18/h2-16H,1H3,(H,28,29,31)/t16-/m0/s1. The average molecular weight is 476 g/mol. The summed E-state index contributed by atoms with van der Waals surface area (Å²) in [5.41, 5.74) is 2.67. The molecule has 0 fully saturated rings. The molecule has 0 aliphatic rings. The van der Waals surface area contributed by atoms with E-state index in [2.05, 4.69) is 29.4 Å². The maximum absolute atomic E-state index is 13.5. The number of benzene rings is 2. The Morgan fingerprint density at radius 1 is 0.970 bits per heavy atom. The topological polar surface area (TPSA) is 55.6 Å². The zero-order valence-electron chi connectivity index (χ0n) is 17.6. The number of nitrogens with one attached hydrogen (secondary N) is 1. The summed E-state index contributed by atoms with van der Waals surface area (Å²) in [4.78, 5) is 14.9. The van der Waals surface area contributed by atoms with Gasteiger partial charge < -0.3 is 5.32 Å². The van der Waals surface area contributed by atoms with Crippen LogP contribution in [0.5, 0.6) is 0 Å². The third kappa shape index (κ3) is 4.65. The highest BCUT2D eigenvalue weighted by Gasteiger charge is 2.16. The van der Waals surface area contributed by atoms with Crippen molar-refractivity contribution in [3.05, 3.63) is 101 Å². The highest BCUT2D eigenvalue weighted by molar-refractivity contribution is 7.19. The smallest absolute Gasteiger partial charge is 0.225 e. The SMILES string of the molecule is C[C@H](Nc1nccc(-n2cc(-c3ccc(Cl)s3)nc2-c2ccc(F)cc2)n1)c1ccccc1. The quantitative estimate of drug-likeness (QED) is 0.286. The van der Waals surface area contributed by atoms with E-state index in [1.807, 2.05) is 47.2 Å². The molecule has 5 nitrogen and oxygen atoms in total. The van der Waals surface area contributed by atoms with Crippen LogP contribution in [0.15, 0.2) is 85.2 Å². The monoisotopic (exact) mass is 475 g/mol. The maximum Gasteiger partial charge on any atom is 0.225 e. The summed E-state index contributed by atoms with van der Waals surface area (Å²) in [6.45, 7) is 2.06. The molecule has 0 saturated heterocycles. The van der Waals surface area contributed by atoms with Gasteiger partial charge in [0.1, 0.15) is 17.5 Å². The molecule has 3 heterocycles. The van der Waals surface area contributed by atoms with Crippen molar-refractivity contribution >= 4 is 28.9 Å². The van der Waals surface area contributed by atoms with E-state index in [4.69, 9.17) is 21.6 Å². The predicted octanol–water partition coefficient (Wildman–Crippen LogP) is 7.02. The Labute approximate surface area is 199 Å². The maximum atomic E-state index is 13.5. The second kappa shape index (κ2) is 9.13. The van der Waals surface area contributed by atoms with Crippen molar-refractivity contribution in [3.8, 4) is 27.8 Å². The minimum absolute atomic E-state index is 0.0321. The minimum Gasteiger partial charge on any atom is -0.348 e. The molecule has 0 unspecified atom stereocenters. The zero-order valence-corrected chi connectivity index (χ0v) is 19.2. The van der Waals surface area contributed by atoms with Gasteiger partial charge in [0.05, 0.1) is 20.9 Å². The summed E-state index contributed by atoms with van der Waals surface area (Å²) < 4.78 is 16.1. The molecule has 33 heavy (non-hydrogen) atoms. The Bertz CT molecular complexity index is 1380. The third-order valence-corrected chi connectivity index (χ3v) is 6.42. The Morgan fingerprint density at radius 2 is 1.76 bits per heavy atom. The van der Waals surface area contributed by atoms with Gasteiger partial charge in [-0.05, 0) is 55.0 Å². The number of halogens is 2. The number of aromatic nitrogens is 4. The number of thiophene rings is 1. The van der Waals surface area contributed by atoms with Gasteiger partial charge in [0, 0.05) is 18.0 Å². The molecule has 2 aromatic carbocycles. The van der Waals surface area contributed by atoms with Crippen molar-refractivity contribution in [2.45, 2.75) is 13.0 Å². The fraction of sp³-hybridized carbons (Fsp3) is 0.0800. The summed E-state index contributed by atoms with van der Waals surface area (Å²) >= 11 is 7.59. The Hall–Kier alpha value is -3.55. The van der Waals surface area contributed by atoms with Gasteiger partial charge in [0.2, 0.25) is 5.95 Å². The number of nitrogens with zero attached hydrogens (tertiary/aromatic N) is 4. The largest absolute Gasteiger partial charge is 0.348 e. The van der Waals surface area contributed by atoms with Crippen molar-refractivity contribution in [1.29, 1.82) is 0 Å². The minimum atomic E-state index is -0.300. The van der Waals surface area contributed by atoms with Crippen molar-refractivity contribution < 1.29 is 4.39 Å². The first-order valence-electron chi connectivity index (χ1n) is 10.3. The molecule has 1 atom stereocenters. The summed E-state index contributed by atoms with van der Waals surface area (Å²) in [7, 11) is 0. The molecule has 0 spiro atoms. The molecular formula is C25H19ClFN5S. The van der Waals surface area contributed by atoms with Crippen molar-refractivity contribution in [1.82, 2.24) is 19.5 Å². The summed E-state index contributed by atoms with van der Waals surface area (Å²) in [6, 6.07) is 22.0. The van der Waals surface area contributed by atoms with Crippen molar-refractivity contribution in [2.24, 2.45) is 0 Å². The van der Waals surface area contributed by atoms with Gasteiger partial charge in [-0.2, -0.15) is 4.98 Å². The molecule has 0 bridgehead atoms. The molecule has 5 rings (SSSR count). The van der Waals surface area contributed by atoms with Crippen LogP contribution in [0.3, 0.4) is 0 Å². The van der Waals surface area contributed by atoms with Crippen LogP contribution < -0.4 is 5.32 Å². The van der Waals surface area contributed by atoms with Crippen molar-refractivity contribution in [3.63, 3.8) is 0 Å². The van der Waals surface area contributed by atoms with E-state index in [9.17, 15) is 4.39 Å². The van der Waals surface area contributed by atoms with Gasteiger partial charge >= 0.3 is 0 Å². The molecular weight excluding hydrogens is 457 g/mol. The van der Waals surface area contributed by atoms with E-state index < -0.39 is 0 Å². The number of imidazole rings is 1. The van der Waals surface area contributed by atoms with E-state index in [-0.39, 0.29) is 11.9 Å². The van der Waals surface area contributed by atoms with Gasteiger partial charge in [-0.3, -0.25) is 4.57 Å². The van der Waals surface area contributed by atoms with Gasteiger partial charge in [-0.1, -0.05) is 41.9 Å². The highest BCUT2D eigenvalue weighted by Crippen LogP contribution is 2.33. The molecule has 3 aromatic heterocycles. The molecule has 164 valence electrons. The fourth-order valence-corrected chi connectivity index (χ4v) is 4.50. The van der Waals surface area contributed by atoms with Crippen LogP contribution in [0.2, 0.25) is 4.34 Å². The first kappa shape index (κ1) is 21.3. The molecule has 0 saturated carbocycles. The second-order valence-electron chi connectivity index (χ2n) is 7.45. The first-order chi connectivity index (χ1) is 16.1. The lowest BCUT2D eigenvalue weighted by Gasteiger charge is -2.15. The first-order valence-corrected chi connectivity index (χ1v) is 11.5. The van der Waals surface area contributed by atoms with E-state index >= 15 is 0 Å². The predicted molar refractivity (Wildman–Crippen MR) is 131 cm³/mol. The van der Waals surface area contributed by atoms with E-state index in [0.29, 0.717) is 21.9 Å². The van der Waals surface area contributed by atoms with E-state index in [0.717, 1.165) is 21.7 Å². The van der Waals surface area contributed by atoms with E-state index in [1.165, 1.54) is 23.5 Å². The molecule has 0 aliphatic heterocycles. The highest BCUT2D eigenvalue weighted by atomic mass is 35.5. The Kier molecular flexibility index (Phi) is 5.90. The van der Waals surface area contributed by atoms with Gasteiger partial charge in [-0.15, -0.1) is 11.3 Å². The zero-order chi connectivity index (χ0) is 22.8. The number of hydrogen-bond donors (Lipinski definition) is 1. The number of hydrogen-bond acceptors (Lipinski definition) is 5. The van der Waals surface area contributed by atoms with Crippen LogP contribution >= 0.6 is 22.9 Å². The third-order valence-electron chi connectivity index (χ3n) is 5.17.